The first-order valence-corrected chi connectivity index (χ1v) is 7.35. The third kappa shape index (κ3) is 1.99. The summed E-state index contributed by atoms with van der Waals surface area (Å²) in [7, 11) is 2.13. The molecular weight excluding hydrogens is 218 g/mol. The topological polar surface area (TPSA) is 12.0 Å². The van der Waals surface area contributed by atoms with Gasteiger partial charge in [0.1, 0.15) is 0 Å². The van der Waals surface area contributed by atoms with E-state index < -0.39 is 0 Å². The lowest BCUT2D eigenvalue weighted by molar-refractivity contribution is 0.358. The molecule has 2 aliphatic rings. The summed E-state index contributed by atoms with van der Waals surface area (Å²) in [6.07, 6.45) is 4.41. The maximum atomic E-state index is 3.59. The van der Waals surface area contributed by atoms with Crippen LogP contribution in [0.4, 0.5) is 0 Å². The molecule has 3 atom stereocenters. The van der Waals surface area contributed by atoms with Crippen molar-refractivity contribution in [2.24, 2.45) is 17.8 Å². The smallest absolute Gasteiger partial charge is 0.0349 e. The highest BCUT2D eigenvalue weighted by atomic mass is 14.9. The number of nitrogens with one attached hydrogen (secondary N) is 1. The van der Waals surface area contributed by atoms with Crippen molar-refractivity contribution in [2.45, 2.75) is 46.1 Å². The van der Waals surface area contributed by atoms with Crippen LogP contribution in [-0.2, 0) is 0 Å². The molecule has 18 heavy (non-hydrogen) atoms. The molecule has 0 spiro atoms. The Hall–Kier alpha value is -0.820. The average Bonchev–Trinajstić information content (AvgIpc) is 2.94. The van der Waals surface area contributed by atoms with E-state index in [1.54, 1.807) is 0 Å². The Morgan fingerprint density at radius 3 is 2.17 bits per heavy atom. The Balaban J connectivity index is 1.88. The minimum Gasteiger partial charge on any atom is -0.313 e. The normalized spacial score (nSPS) is 31.2. The minimum absolute atomic E-state index is 0.567. The first-order valence-electron chi connectivity index (χ1n) is 7.35. The summed E-state index contributed by atoms with van der Waals surface area (Å²) < 4.78 is 0. The van der Waals surface area contributed by atoms with E-state index in [2.05, 4.69) is 45.3 Å². The number of hydrogen-bond donors (Lipinski definition) is 1. The van der Waals surface area contributed by atoms with Crippen molar-refractivity contribution in [2.75, 3.05) is 7.05 Å². The quantitative estimate of drug-likeness (QED) is 0.848. The molecule has 0 saturated heterocycles. The lowest BCUT2D eigenvalue weighted by Crippen LogP contribution is -2.25. The second-order valence-electron chi connectivity index (χ2n) is 6.55. The number of benzene rings is 1. The van der Waals surface area contributed by atoms with E-state index in [1.807, 2.05) is 0 Å². The minimum atomic E-state index is 0.567. The molecule has 0 bridgehead atoms. The predicted octanol–water partition coefficient (Wildman–Crippen LogP) is 3.92. The second-order valence-corrected chi connectivity index (χ2v) is 6.55. The van der Waals surface area contributed by atoms with Crippen molar-refractivity contribution >= 4 is 0 Å². The van der Waals surface area contributed by atoms with Crippen LogP contribution in [0, 0.1) is 38.5 Å². The van der Waals surface area contributed by atoms with Crippen LogP contribution >= 0.6 is 0 Å². The third-order valence-corrected chi connectivity index (χ3v) is 5.28. The zero-order chi connectivity index (χ0) is 12.9. The second kappa shape index (κ2) is 4.38. The maximum absolute atomic E-state index is 3.59. The van der Waals surface area contributed by atoms with Gasteiger partial charge in [-0.3, -0.25) is 0 Å². The molecule has 0 heterocycles. The maximum Gasteiger partial charge on any atom is 0.0349 e. The molecule has 1 heteroatoms. The summed E-state index contributed by atoms with van der Waals surface area (Å²) in [5, 5.41) is 3.59. The summed E-state index contributed by atoms with van der Waals surface area (Å²) in [5.41, 5.74) is 5.84. The molecule has 1 aromatic rings. The molecule has 0 aromatic heterocycles. The molecule has 1 aromatic carbocycles. The Kier molecular flexibility index (Phi) is 2.97. The zero-order valence-electron chi connectivity index (χ0n) is 12.1. The number of fused-ring (bicyclic) bond motifs is 1. The largest absolute Gasteiger partial charge is 0.313 e. The van der Waals surface area contributed by atoms with Crippen LogP contribution in [-0.4, -0.2) is 7.05 Å². The molecule has 0 amide bonds. The Morgan fingerprint density at radius 2 is 1.56 bits per heavy atom. The van der Waals surface area contributed by atoms with Gasteiger partial charge in [-0.05, 0) is 87.1 Å². The predicted molar refractivity (Wildman–Crippen MR) is 76.8 cm³/mol. The van der Waals surface area contributed by atoms with Gasteiger partial charge < -0.3 is 5.32 Å². The molecule has 1 nitrogen and oxygen atoms in total. The Labute approximate surface area is 111 Å². The summed E-state index contributed by atoms with van der Waals surface area (Å²) >= 11 is 0. The van der Waals surface area contributed by atoms with Gasteiger partial charge in [-0.25, -0.2) is 0 Å². The van der Waals surface area contributed by atoms with Crippen LogP contribution < -0.4 is 5.32 Å². The number of aryl methyl sites for hydroxylation is 3. The molecule has 0 radical (unpaired) electrons. The van der Waals surface area contributed by atoms with Crippen LogP contribution in [0.2, 0.25) is 0 Å². The highest BCUT2D eigenvalue weighted by Gasteiger charge is 2.47. The number of rotatable bonds is 3. The van der Waals surface area contributed by atoms with E-state index in [1.165, 1.54) is 41.5 Å². The van der Waals surface area contributed by atoms with E-state index in [0.717, 1.165) is 17.8 Å². The fourth-order valence-electron chi connectivity index (χ4n) is 4.00. The van der Waals surface area contributed by atoms with Crippen LogP contribution in [0.5, 0.6) is 0 Å². The van der Waals surface area contributed by atoms with Gasteiger partial charge in [-0.2, -0.15) is 0 Å². The summed E-state index contributed by atoms with van der Waals surface area (Å²) in [6, 6.07) is 5.33. The van der Waals surface area contributed by atoms with Crippen molar-refractivity contribution in [1.82, 2.24) is 5.32 Å². The van der Waals surface area contributed by atoms with Gasteiger partial charge >= 0.3 is 0 Å². The molecule has 2 fully saturated rings. The van der Waals surface area contributed by atoms with Gasteiger partial charge in [0.05, 0.1) is 0 Å². The molecule has 2 aliphatic carbocycles. The summed E-state index contributed by atoms with van der Waals surface area (Å²) in [4.78, 5) is 0. The standard InChI is InChI=1S/C17H25N/c1-10-5-12(3)16(6-11(10)2)17(18-4)15-8-13-7-14(13)9-15/h5-6,13-15,17-18H,7-9H2,1-4H3. The third-order valence-electron chi connectivity index (χ3n) is 5.28. The van der Waals surface area contributed by atoms with Crippen molar-refractivity contribution in [1.29, 1.82) is 0 Å². The van der Waals surface area contributed by atoms with E-state index in [0.29, 0.717) is 6.04 Å². The van der Waals surface area contributed by atoms with Crippen molar-refractivity contribution in [3.05, 3.63) is 34.4 Å². The molecule has 3 rings (SSSR count). The van der Waals surface area contributed by atoms with Gasteiger partial charge in [0.25, 0.3) is 0 Å². The molecule has 0 aliphatic heterocycles. The Morgan fingerprint density at radius 1 is 0.944 bits per heavy atom. The molecular formula is C17H25N. The van der Waals surface area contributed by atoms with Gasteiger partial charge in [0, 0.05) is 6.04 Å². The van der Waals surface area contributed by atoms with Crippen molar-refractivity contribution < 1.29 is 0 Å². The summed E-state index contributed by atoms with van der Waals surface area (Å²) in [6.45, 7) is 6.71. The zero-order valence-corrected chi connectivity index (χ0v) is 12.1. The monoisotopic (exact) mass is 243 g/mol. The van der Waals surface area contributed by atoms with Gasteiger partial charge in [0.15, 0.2) is 0 Å². The fraction of sp³-hybridized carbons (Fsp3) is 0.647. The van der Waals surface area contributed by atoms with E-state index in [-0.39, 0.29) is 0 Å². The summed E-state index contributed by atoms with van der Waals surface area (Å²) in [5.74, 6) is 3.00. The molecule has 3 unspecified atom stereocenters. The molecule has 2 saturated carbocycles. The fourth-order valence-corrected chi connectivity index (χ4v) is 4.00. The van der Waals surface area contributed by atoms with Crippen molar-refractivity contribution in [3.8, 4) is 0 Å². The average molecular weight is 243 g/mol. The van der Waals surface area contributed by atoms with Gasteiger partial charge in [-0.1, -0.05) is 12.1 Å². The highest BCUT2D eigenvalue weighted by Crippen LogP contribution is 2.57. The lowest BCUT2D eigenvalue weighted by Gasteiger charge is -2.27. The SMILES string of the molecule is CNC(c1cc(C)c(C)cc1C)C1CC2CC2C1. The lowest BCUT2D eigenvalue weighted by atomic mass is 9.85. The van der Waals surface area contributed by atoms with Crippen LogP contribution in [0.3, 0.4) is 0 Å². The van der Waals surface area contributed by atoms with Crippen LogP contribution in [0.25, 0.3) is 0 Å². The van der Waals surface area contributed by atoms with Gasteiger partial charge in [0.2, 0.25) is 0 Å². The highest BCUT2D eigenvalue weighted by molar-refractivity contribution is 5.38. The Bertz CT molecular complexity index is 453. The first kappa shape index (κ1) is 12.2. The van der Waals surface area contributed by atoms with Crippen LogP contribution in [0.15, 0.2) is 12.1 Å². The first-order chi connectivity index (χ1) is 8.60. The van der Waals surface area contributed by atoms with Gasteiger partial charge in [-0.15, -0.1) is 0 Å². The van der Waals surface area contributed by atoms with E-state index >= 15 is 0 Å². The molecule has 1 N–H and O–H groups in total. The van der Waals surface area contributed by atoms with Crippen LogP contribution in [0.1, 0.15) is 47.6 Å². The number of hydrogen-bond acceptors (Lipinski definition) is 1. The van der Waals surface area contributed by atoms with E-state index in [9.17, 15) is 0 Å². The van der Waals surface area contributed by atoms with E-state index in [4.69, 9.17) is 0 Å². The molecule has 98 valence electrons. The van der Waals surface area contributed by atoms with Crippen molar-refractivity contribution in [3.63, 3.8) is 0 Å².